The van der Waals surface area contributed by atoms with Crippen LogP contribution in [0.4, 0.5) is 4.39 Å². The standard InChI is InChI=1S/C15H22BrFN2/c1-15(2,17)12-5-4-11(7-13(12)16)14-6-10(8-18)9-19(14)3/h4-5,7,10,14H,6,8-9,18H2,1-3H3. The van der Waals surface area contributed by atoms with Crippen molar-refractivity contribution >= 4 is 15.9 Å². The Labute approximate surface area is 123 Å². The molecule has 2 unspecified atom stereocenters. The number of halogens is 2. The van der Waals surface area contributed by atoms with Gasteiger partial charge in [0.15, 0.2) is 0 Å². The highest BCUT2D eigenvalue weighted by Crippen LogP contribution is 2.38. The maximum Gasteiger partial charge on any atom is 0.131 e. The smallest absolute Gasteiger partial charge is 0.131 e. The van der Waals surface area contributed by atoms with Crippen molar-refractivity contribution in [3.63, 3.8) is 0 Å². The molecule has 0 bridgehead atoms. The summed E-state index contributed by atoms with van der Waals surface area (Å²) in [4.78, 5) is 2.33. The van der Waals surface area contributed by atoms with E-state index in [2.05, 4.69) is 33.9 Å². The van der Waals surface area contributed by atoms with Gasteiger partial charge in [0.1, 0.15) is 5.67 Å². The van der Waals surface area contributed by atoms with Crippen LogP contribution in [0.3, 0.4) is 0 Å². The molecule has 1 aromatic carbocycles. The molecule has 0 spiro atoms. The van der Waals surface area contributed by atoms with Crippen LogP contribution in [0.1, 0.15) is 37.4 Å². The molecule has 0 amide bonds. The molecule has 0 saturated carbocycles. The molecule has 2 N–H and O–H groups in total. The van der Waals surface area contributed by atoms with E-state index in [9.17, 15) is 4.39 Å². The van der Waals surface area contributed by atoms with E-state index in [1.807, 2.05) is 12.1 Å². The first-order valence-corrected chi connectivity index (χ1v) is 7.51. The Balaban J connectivity index is 2.26. The van der Waals surface area contributed by atoms with Crippen LogP contribution in [0.2, 0.25) is 0 Å². The van der Waals surface area contributed by atoms with Gasteiger partial charge in [-0.2, -0.15) is 0 Å². The van der Waals surface area contributed by atoms with Gasteiger partial charge in [-0.1, -0.05) is 28.1 Å². The number of likely N-dealkylation sites (tertiary alicyclic amines) is 1. The van der Waals surface area contributed by atoms with Gasteiger partial charge in [-0.05, 0) is 51.4 Å². The minimum Gasteiger partial charge on any atom is -0.330 e. The van der Waals surface area contributed by atoms with Gasteiger partial charge in [0.2, 0.25) is 0 Å². The number of benzene rings is 1. The van der Waals surface area contributed by atoms with E-state index in [-0.39, 0.29) is 0 Å². The summed E-state index contributed by atoms with van der Waals surface area (Å²) in [6.45, 7) is 4.94. The lowest BCUT2D eigenvalue weighted by Crippen LogP contribution is -2.20. The molecular weight excluding hydrogens is 307 g/mol. The van der Waals surface area contributed by atoms with Crippen LogP contribution in [0.25, 0.3) is 0 Å². The minimum atomic E-state index is -1.32. The van der Waals surface area contributed by atoms with Gasteiger partial charge >= 0.3 is 0 Å². The van der Waals surface area contributed by atoms with Crippen LogP contribution >= 0.6 is 15.9 Å². The zero-order valence-corrected chi connectivity index (χ0v) is 13.4. The number of hydrogen-bond acceptors (Lipinski definition) is 2. The zero-order chi connectivity index (χ0) is 14.2. The molecule has 2 rings (SSSR count). The van der Waals surface area contributed by atoms with Gasteiger partial charge in [-0.25, -0.2) is 4.39 Å². The molecule has 19 heavy (non-hydrogen) atoms. The van der Waals surface area contributed by atoms with Crippen LogP contribution in [-0.2, 0) is 5.67 Å². The average Bonchev–Trinajstić information content (AvgIpc) is 2.68. The van der Waals surface area contributed by atoms with Crippen molar-refractivity contribution in [1.82, 2.24) is 4.90 Å². The molecule has 2 atom stereocenters. The van der Waals surface area contributed by atoms with E-state index < -0.39 is 5.67 Å². The molecule has 1 aliphatic heterocycles. The fourth-order valence-corrected chi connectivity index (χ4v) is 3.75. The summed E-state index contributed by atoms with van der Waals surface area (Å²) in [5.41, 5.74) is 6.38. The maximum absolute atomic E-state index is 14.0. The van der Waals surface area contributed by atoms with E-state index in [0.29, 0.717) is 17.5 Å². The molecule has 0 radical (unpaired) electrons. The Hall–Kier alpha value is -0.450. The molecule has 0 aromatic heterocycles. The summed E-state index contributed by atoms with van der Waals surface area (Å²) in [5.74, 6) is 0.561. The van der Waals surface area contributed by atoms with E-state index in [1.54, 1.807) is 13.8 Å². The van der Waals surface area contributed by atoms with Gasteiger partial charge < -0.3 is 5.73 Å². The van der Waals surface area contributed by atoms with Crippen molar-refractivity contribution < 1.29 is 4.39 Å². The van der Waals surface area contributed by atoms with Crippen molar-refractivity contribution in [3.8, 4) is 0 Å². The van der Waals surface area contributed by atoms with Crippen LogP contribution in [-0.4, -0.2) is 25.0 Å². The molecule has 1 heterocycles. The van der Waals surface area contributed by atoms with Crippen LogP contribution in [0, 0.1) is 5.92 Å². The van der Waals surface area contributed by atoms with E-state index in [0.717, 1.165) is 24.0 Å². The highest BCUT2D eigenvalue weighted by atomic mass is 79.9. The molecule has 2 nitrogen and oxygen atoms in total. The van der Waals surface area contributed by atoms with E-state index in [1.165, 1.54) is 5.56 Å². The summed E-state index contributed by atoms with van der Waals surface area (Å²) in [5, 5.41) is 0. The molecule has 1 saturated heterocycles. The zero-order valence-electron chi connectivity index (χ0n) is 11.8. The molecule has 1 fully saturated rings. The predicted molar refractivity (Wildman–Crippen MR) is 80.8 cm³/mol. The van der Waals surface area contributed by atoms with Crippen molar-refractivity contribution in [2.24, 2.45) is 11.7 Å². The molecule has 4 heteroatoms. The van der Waals surface area contributed by atoms with Gasteiger partial charge in [0.25, 0.3) is 0 Å². The summed E-state index contributed by atoms with van der Waals surface area (Å²) in [6.07, 6.45) is 1.08. The second-order valence-corrected chi connectivity index (χ2v) is 6.86. The fraction of sp³-hybridized carbons (Fsp3) is 0.600. The molecular formula is C15H22BrFN2. The summed E-state index contributed by atoms with van der Waals surface area (Å²) < 4.78 is 14.9. The van der Waals surface area contributed by atoms with Crippen LogP contribution in [0.5, 0.6) is 0 Å². The topological polar surface area (TPSA) is 29.3 Å². The lowest BCUT2D eigenvalue weighted by atomic mass is 9.95. The number of hydrogen-bond donors (Lipinski definition) is 1. The Bertz CT molecular complexity index is 456. The first-order valence-electron chi connectivity index (χ1n) is 6.72. The van der Waals surface area contributed by atoms with Crippen molar-refractivity contribution in [1.29, 1.82) is 0 Å². The van der Waals surface area contributed by atoms with Crippen molar-refractivity contribution in [3.05, 3.63) is 33.8 Å². The molecule has 1 aromatic rings. The van der Waals surface area contributed by atoms with Crippen molar-refractivity contribution in [2.45, 2.75) is 32.0 Å². The lowest BCUT2D eigenvalue weighted by molar-refractivity contribution is 0.220. The Kier molecular flexibility index (Phi) is 4.33. The quantitative estimate of drug-likeness (QED) is 0.918. The third-order valence-electron chi connectivity index (χ3n) is 3.99. The number of nitrogens with two attached hydrogens (primary N) is 1. The predicted octanol–water partition coefficient (Wildman–Crippen LogP) is 3.61. The van der Waals surface area contributed by atoms with Crippen LogP contribution < -0.4 is 5.73 Å². The minimum absolute atomic E-state index is 0.390. The third-order valence-corrected chi connectivity index (χ3v) is 4.64. The number of rotatable bonds is 3. The first kappa shape index (κ1) is 14.9. The fourth-order valence-electron chi connectivity index (χ4n) is 2.89. The van der Waals surface area contributed by atoms with Gasteiger partial charge in [0, 0.05) is 22.6 Å². The van der Waals surface area contributed by atoms with E-state index in [4.69, 9.17) is 5.73 Å². The summed E-state index contributed by atoms with van der Waals surface area (Å²) in [6, 6.07) is 6.38. The molecule has 0 aliphatic carbocycles. The summed E-state index contributed by atoms with van der Waals surface area (Å²) >= 11 is 3.50. The number of alkyl halides is 1. The maximum atomic E-state index is 14.0. The highest BCUT2D eigenvalue weighted by Gasteiger charge is 2.30. The van der Waals surface area contributed by atoms with Gasteiger partial charge in [-0.3, -0.25) is 4.90 Å². The SMILES string of the molecule is CN1CC(CN)CC1c1ccc(C(C)(C)F)c(Br)c1. The first-order chi connectivity index (χ1) is 8.82. The van der Waals surface area contributed by atoms with Crippen molar-refractivity contribution in [2.75, 3.05) is 20.1 Å². The summed E-state index contributed by atoms with van der Waals surface area (Å²) in [7, 11) is 2.13. The average molecular weight is 329 g/mol. The van der Waals surface area contributed by atoms with Gasteiger partial charge in [0.05, 0.1) is 0 Å². The second-order valence-electron chi connectivity index (χ2n) is 6.00. The second kappa shape index (κ2) is 5.51. The lowest BCUT2D eigenvalue weighted by Gasteiger charge is -2.22. The van der Waals surface area contributed by atoms with E-state index >= 15 is 0 Å². The third kappa shape index (κ3) is 3.18. The largest absolute Gasteiger partial charge is 0.330 e. The Morgan fingerprint density at radius 1 is 1.47 bits per heavy atom. The Morgan fingerprint density at radius 2 is 2.16 bits per heavy atom. The van der Waals surface area contributed by atoms with Crippen LogP contribution in [0.15, 0.2) is 22.7 Å². The molecule has 106 valence electrons. The van der Waals surface area contributed by atoms with Gasteiger partial charge in [-0.15, -0.1) is 0 Å². The number of nitrogens with zero attached hydrogens (tertiary/aromatic N) is 1. The monoisotopic (exact) mass is 328 g/mol. The normalized spacial score (nSPS) is 24.9. The molecule has 1 aliphatic rings. The Morgan fingerprint density at radius 3 is 2.63 bits per heavy atom. The highest BCUT2D eigenvalue weighted by molar-refractivity contribution is 9.10.